The SMILES string of the molecule is CCNC(=NCc1ccnc(N2CCCCCC2)c1)NC1CCCC(C(F)(F)F)C1.I. The van der Waals surface area contributed by atoms with Gasteiger partial charge < -0.3 is 15.5 Å². The molecule has 9 heteroatoms. The molecule has 0 bridgehead atoms. The van der Waals surface area contributed by atoms with Gasteiger partial charge in [0.2, 0.25) is 0 Å². The smallest absolute Gasteiger partial charge is 0.357 e. The maximum absolute atomic E-state index is 13.1. The summed E-state index contributed by atoms with van der Waals surface area (Å²) < 4.78 is 39.3. The predicted molar refractivity (Wildman–Crippen MR) is 130 cm³/mol. The lowest BCUT2D eigenvalue weighted by atomic mass is 9.85. The van der Waals surface area contributed by atoms with Crippen LogP contribution in [0.15, 0.2) is 23.3 Å². The quantitative estimate of drug-likeness (QED) is 0.297. The fraction of sp³-hybridized carbons (Fsp3) is 0.727. The number of nitrogens with zero attached hydrogens (tertiary/aromatic N) is 3. The van der Waals surface area contributed by atoms with E-state index in [1.165, 1.54) is 25.7 Å². The van der Waals surface area contributed by atoms with Gasteiger partial charge in [0.15, 0.2) is 5.96 Å². The zero-order valence-corrected chi connectivity index (χ0v) is 20.6. The third-order valence-corrected chi connectivity index (χ3v) is 5.98. The van der Waals surface area contributed by atoms with Crippen LogP contribution in [0, 0.1) is 5.92 Å². The lowest BCUT2D eigenvalue weighted by Gasteiger charge is -2.32. The zero-order chi connectivity index (χ0) is 21.4. The summed E-state index contributed by atoms with van der Waals surface area (Å²) in [6.45, 7) is 5.16. The molecule has 1 aliphatic carbocycles. The summed E-state index contributed by atoms with van der Waals surface area (Å²) in [6.07, 6.45) is 4.31. The first-order chi connectivity index (χ1) is 14.5. The van der Waals surface area contributed by atoms with Crippen LogP contribution < -0.4 is 15.5 Å². The number of alkyl halides is 3. The van der Waals surface area contributed by atoms with Gasteiger partial charge >= 0.3 is 6.18 Å². The highest BCUT2D eigenvalue weighted by Gasteiger charge is 2.42. The van der Waals surface area contributed by atoms with Crippen molar-refractivity contribution in [3.63, 3.8) is 0 Å². The number of nitrogens with one attached hydrogen (secondary N) is 2. The molecule has 0 amide bonds. The monoisotopic (exact) mass is 553 g/mol. The van der Waals surface area contributed by atoms with Crippen LogP contribution in [0.1, 0.15) is 63.9 Å². The van der Waals surface area contributed by atoms with Gasteiger partial charge in [0.05, 0.1) is 12.5 Å². The molecule has 0 aromatic carbocycles. The highest BCUT2D eigenvalue weighted by molar-refractivity contribution is 14.0. The second kappa shape index (κ2) is 12.7. The van der Waals surface area contributed by atoms with Crippen LogP contribution in [0.25, 0.3) is 0 Å². The van der Waals surface area contributed by atoms with Crippen LogP contribution in [0.3, 0.4) is 0 Å². The first-order valence-electron chi connectivity index (χ1n) is 11.3. The highest BCUT2D eigenvalue weighted by Crippen LogP contribution is 2.37. The molecule has 2 aliphatic rings. The van der Waals surface area contributed by atoms with Crippen molar-refractivity contribution < 1.29 is 13.2 Å². The number of rotatable bonds is 5. The highest BCUT2D eigenvalue weighted by atomic mass is 127. The first kappa shape index (κ1) is 26.0. The van der Waals surface area contributed by atoms with Gasteiger partial charge in [0, 0.05) is 31.9 Å². The van der Waals surface area contributed by atoms with Gasteiger partial charge in [0.25, 0.3) is 0 Å². The number of guanidine groups is 1. The topological polar surface area (TPSA) is 52.6 Å². The number of anilines is 1. The van der Waals surface area contributed by atoms with Gasteiger partial charge in [-0.15, -0.1) is 24.0 Å². The first-order valence-corrected chi connectivity index (χ1v) is 11.3. The van der Waals surface area contributed by atoms with E-state index in [2.05, 4.69) is 31.6 Å². The molecule has 1 aromatic rings. The summed E-state index contributed by atoms with van der Waals surface area (Å²) in [5.74, 6) is 0.351. The Morgan fingerprint density at radius 2 is 1.90 bits per heavy atom. The molecule has 2 N–H and O–H groups in total. The molecule has 5 nitrogen and oxygen atoms in total. The van der Waals surface area contributed by atoms with Gasteiger partial charge in [-0.3, -0.25) is 0 Å². The fourth-order valence-electron chi connectivity index (χ4n) is 4.33. The molecule has 2 unspecified atom stereocenters. The van der Waals surface area contributed by atoms with Crippen molar-refractivity contribution in [2.24, 2.45) is 10.9 Å². The Labute approximate surface area is 200 Å². The second-order valence-corrected chi connectivity index (χ2v) is 8.37. The minimum atomic E-state index is -4.11. The molecule has 2 heterocycles. The Morgan fingerprint density at radius 1 is 1.16 bits per heavy atom. The van der Waals surface area contributed by atoms with Crippen molar-refractivity contribution in [2.45, 2.75) is 77.1 Å². The number of aromatic nitrogens is 1. The summed E-state index contributed by atoms with van der Waals surface area (Å²) >= 11 is 0. The maximum Gasteiger partial charge on any atom is 0.391 e. The van der Waals surface area contributed by atoms with Gasteiger partial charge in [-0.1, -0.05) is 19.3 Å². The Kier molecular flexibility index (Phi) is 10.6. The lowest BCUT2D eigenvalue weighted by Crippen LogP contribution is -2.46. The van der Waals surface area contributed by atoms with E-state index in [1.807, 2.05) is 19.2 Å². The van der Waals surface area contributed by atoms with E-state index in [9.17, 15) is 13.2 Å². The standard InChI is InChI=1S/C22H34F3N5.HI/c1-2-26-21(29-19-9-7-8-18(15-19)22(23,24)25)28-16-17-10-11-27-20(14-17)30-12-5-3-4-6-13-30;/h10-11,14,18-19H,2-9,12-13,15-16H2,1H3,(H2,26,28,29);1H. The molecular weight excluding hydrogens is 518 g/mol. The minimum absolute atomic E-state index is 0. The number of hydrogen-bond acceptors (Lipinski definition) is 3. The van der Waals surface area contributed by atoms with Crippen molar-refractivity contribution >= 4 is 35.8 Å². The molecule has 0 radical (unpaired) electrons. The van der Waals surface area contributed by atoms with Gasteiger partial charge in [0.1, 0.15) is 5.82 Å². The minimum Gasteiger partial charge on any atom is -0.357 e. The third kappa shape index (κ3) is 8.31. The van der Waals surface area contributed by atoms with Gasteiger partial charge in [-0.2, -0.15) is 13.2 Å². The van der Waals surface area contributed by atoms with Crippen LogP contribution in [0.4, 0.5) is 19.0 Å². The fourth-order valence-corrected chi connectivity index (χ4v) is 4.33. The Bertz CT molecular complexity index is 690. The van der Waals surface area contributed by atoms with Crippen molar-refractivity contribution in [2.75, 3.05) is 24.5 Å². The summed E-state index contributed by atoms with van der Waals surface area (Å²) in [4.78, 5) is 11.5. The predicted octanol–water partition coefficient (Wildman–Crippen LogP) is 5.26. The molecule has 1 saturated carbocycles. The summed E-state index contributed by atoms with van der Waals surface area (Å²) in [7, 11) is 0. The van der Waals surface area contributed by atoms with Crippen molar-refractivity contribution in [1.29, 1.82) is 0 Å². The maximum atomic E-state index is 13.1. The second-order valence-electron chi connectivity index (χ2n) is 8.37. The third-order valence-electron chi connectivity index (χ3n) is 5.98. The summed E-state index contributed by atoms with van der Waals surface area (Å²) in [5, 5.41) is 6.40. The van der Waals surface area contributed by atoms with E-state index in [-0.39, 0.29) is 42.9 Å². The molecule has 176 valence electrons. The van der Waals surface area contributed by atoms with E-state index >= 15 is 0 Å². The summed E-state index contributed by atoms with van der Waals surface area (Å²) in [5.41, 5.74) is 1.05. The average molecular weight is 553 g/mol. The molecule has 1 aromatic heterocycles. The molecule has 2 atom stereocenters. The van der Waals surface area contributed by atoms with E-state index < -0.39 is 12.1 Å². The van der Waals surface area contributed by atoms with Crippen LogP contribution in [0.5, 0.6) is 0 Å². The number of halogens is 4. The number of hydrogen-bond donors (Lipinski definition) is 2. The van der Waals surface area contributed by atoms with Crippen LogP contribution in [-0.4, -0.2) is 42.8 Å². The average Bonchev–Trinajstić information content (AvgIpc) is 3.02. The molecule has 2 fully saturated rings. The van der Waals surface area contributed by atoms with Crippen LogP contribution in [0.2, 0.25) is 0 Å². The largest absolute Gasteiger partial charge is 0.391 e. The van der Waals surface area contributed by atoms with Crippen LogP contribution in [-0.2, 0) is 6.54 Å². The molecule has 3 rings (SSSR count). The lowest BCUT2D eigenvalue weighted by molar-refractivity contribution is -0.183. The number of aliphatic imine (C=N–C) groups is 1. The van der Waals surface area contributed by atoms with E-state index in [1.54, 1.807) is 0 Å². The molecule has 1 saturated heterocycles. The van der Waals surface area contributed by atoms with E-state index in [4.69, 9.17) is 0 Å². The molecular formula is C22H35F3IN5. The van der Waals surface area contributed by atoms with Crippen molar-refractivity contribution in [1.82, 2.24) is 15.6 Å². The van der Waals surface area contributed by atoms with Crippen molar-refractivity contribution in [3.05, 3.63) is 23.9 Å². The van der Waals surface area contributed by atoms with Crippen LogP contribution >= 0.6 is 24.0 Å². The van der Waals surface area contributed by atoms with Crippen molar-refractivity contribution in [3.8, 4) is 0 Å². The van der Waals surface area contributed by atoms with E-state index in [0.29, 0.717) is 25.5 Å². The molecule has 31 heavy (non-hydrogen) atoms. The van der Waals surface area contributed by atoms with E-state index in [0.717, 1.165) is 30.9 Å². The van der Waals surface area contributed by atoms with Gasteiger partial charge in [-0.25, -0.2) is 9.98 Å². The zero-order valence-electron chi connectivity index (χ0n) is 18.3. The Balaban J connectivity index is 0.00000341. The normalized spacial score (nSPS) is 23.0. The Hall–Kier alpha value is -1.26. The molecule has 1 aliphatic heterocycles. The molecule has 0 spiro atoms. The Morgan fingerprint density at radius 3 is 2.58 bits per heavy atom. The summed E-state index contributed by atoms with van der Waals surface area (Å²) in [6, 6.07) is 3.83. The van der Waals surface area contributed by atoms with Gasteiger partial charge in [-0.05, 0) is 56.7 Å². The number of pyridine rings is 1.